The summed E-state index contributed by atoms with van der Waals surface area (Å²) in [5.74, 6) is 1.14. The van der Waals surface area contributed by atoms with E-state index in [2.05, 4.69) is 12.6 Å². The molecule has 1 heterocycles. The predicted octanol–water partition coefficient (Wildman–Crippen LogP) is 1.50. The van der Waals surface area contributed by atoms with Crippen LogP contribution in [-0.4, -0.2) is 34.8 Å². The Labute approximate surface area is 107 Å². The largest absolute Gasteiger partial charge is 0.394 e. The first-order valence-electron chi connectivity index (χ1n) is 5.82. The van der Waals surface area contributed by atoms with E-state index in [1.807, 2.05) is 30.3 Å². The molecular weight excluding hydrogens is 234 g/mol. The van der Waals surface area contributed by atoms with Gasteiger partial charge in [0.25, 0.3) is 0 Å². The summed E-state index contributed by atoms with van der Waals surface area (Å²) in [6, 6.07) is 9.46. The van der Waals surface area contributed by atoms with E-state index in [9.17, 15) is 9.90 Å². The van der Waals surface area contributed by atoms with Crippen LogP contribution < -0.4 is 0 Å². The molecule has 2 rings (SSSR count). The van der Waals surface area contributed by atoms with Crippen LogP contribution >= 0.6 is 12.6 Å². The zero-order chi connectivity index (χ0) is 12.3. The van der Waals surface area contributed by atoms with Crippen LogP contribution in [0.1, 0.15) is 18.0 Å². The molecule has 1 saturated heterocycles. The number of carbonyl (C=O) groups is 1. The average molecular weight is 251 g/mol. The molecule has 1 N–H and O–H groups in total. The third-order valence-corrected chi connectivity index (χ3v) is 3.75. The van der Waals surface area contributed by atoms with Gasteiger partial charge in [0.05, 0.1) is 12.6 Å². The lowest BCUT2D eigenvalue weighted by Crippen LogP contribution is -2.32. The summed E-state index contributed by atoms with van der Waals surface area (Å²) in [6.07, 6.45) is 0.548. The highest BCUT2D eigenvalue weighted by atomic mass is 32.1. The fourth-order valence-electron chi connectivity index (χ4n) is 2.29. The predicted molar refractivity (Wildman–Crippen MR) is 69.9 cm³/mol. The monoisotopic (exact) mass is 251 g/mol. The maximum atomic E-state index is 11.9. The number of nitrogens with zero attached hydrogens (tertiary/aromatic N) is 1. The van der Waals surface area contributed by atoms with Crippen LogP contribution in [0.15, 0.2) is 30.3 Å². The van der Waals surface area contributed by atoms with E-state index in [0.29, 0.717) is 18.9 Å². The van der Waals surface area contributed by atoms with E-state index in [1.54, 1.807) is 4.90 Å². The third kappa shape index (κ3) is 2.64. The summed E-state index contributed by atoms with van der Waals surface area (Å²) in [7, 11) is 0. The van der Waals surface area contributed by atoms with Gasteiger partial charge < -0.3 is 10.0 Å². The number of aliphatic hydroxyl groups excluding tert-OH is 1. The standard InChI is InChI=1S/C13H17NO2S/c15-8-12(11-4-2-1-3-5-11)14-7-10(9-17)6-13(14)16/h1-5,10,12,15,17H,6-9H2/t10?,12-/m0/s1. The number of aliphatic hydroxyl groups is 1. The molecule has 4 heteroatoms. The maximum Gasteiger partial charge on any atom is 0.223 e. The van der Waals surface area contributed by atoms with Crippen molar-refractivity contribution in [2.45, 2.75) is 12.5 Å². The zero-order valence-electron chi connectivity index (χ0n) is 9.62. The Morgan fingerprint density at radius 3 is 2.65 bits per heavy atom. The van der Waals surface area contributed by atoms with Crippen molar-refractivity contribution >= 4 is 18.5 Å². The van der Waals surface area contributed by atoms with Crippen LogP contribution in [0.25, 0.3) is 0 Å². The van der Waals surface area contributed by atoms with Gasteiger partial charge in [-0.1, -0.05) is 30.3 Å². The topological polar surface area (TPSA) is 40.5 Å². The van der Waals surface area contributed by atoms with E-state index in [1.165, 1.54) is 0 Å². The molecule has 0 spiro atoms. The Bertz CT molecular complexity index is 382. The molecule has 0 aromatic heterocycles. The summed E-state index contributed by atoms with van der Waals surface area (Å²) in [6.45, 7) is 0.664. The fraction of sp³-hybridized carbons (Fsp3) is 0.462. The average Bonchev–Trinajstić information content (AvgIpc) is 2.73. The number of hydrogen-bond donors (Lipinski definition) is 2. The van der Waals surface area contributed by atoms with Crippen LogP contribution in [0.5, 0.6) is 0 Å². The normalized spacial score (nSPS) is 21.9. The maximum absolute atomic E-state index is 11.9. The quantitative estimate of drug-likeness (QED) is 0.796. The summed E-state index contributed by atoms with van der Waals surface area (Å²) >= 11 is 4.24. The van der Waals surface area contributed by atoms with Gasteiger partial charge in [0.1, 0.15) is 0 Å². The highest BCUT2D eigenvalue weighted by molar-refractivity contribution is 7.80. The number of amides is 1. The minimum Gasteiger partial charge on any atom is -0.394 e. The van der Waals surface area contributed by atoms with Crippen LogP contribution in [0.2, 0.25) is 0 Å². The molecule has 0 bridgehead atoms. The molecule has 0 radical (unpaired) electrons. The Hall–Kier alpha value is -1.00. The number of hydrogen-bond acceptors (Lipinski definition) is 3. The van der Waals surface area contributed by atoms with Gasteiger partial charge >= 0.3 is 0 Å². The Morgan fingerprint density at radius 1 is 1.41 bits per heavy atom. The van der Waals surface area contributed by atoms with Gasteiger partial charge in [0.2, 0.25) is 5.91 Å². The molecule has 1 aromatic carbocycles. The summed E-state index contributed by atoms with van der Waals surface area (Å²) in [5.41, 5.74) is 0.989. The second-order valence-corrected chi connectivity index (χ2v) is 4.77. The minimum atomic E-state index is -0.214. The number of rotatable bonds is 4. The fourth-order valence-corrected chi connectivity index (χ4v) is 2.54. The van der Waals surface area contributed by atoms with Crippen LogP contribution in [0.3, 0.4) is 0 Å². The molecule has 1 aromatic rings. The van der Waals surface area contributed by atoms with Crippen LogP contribution in [0.4, 0.5) is 0 Å². The van der Waals surface area contributed by atoms with E-state index in [0.717, 1.165) is 11.3 Å². The van der Waals surface area contributed by atoms with Crippen molar-refractivity contribution < 1.29 is 9.90 Å². The molecule has 3 nitrogen and oxygen atoms in total. The third-order valence-electron chi connectivity index (χ3n) is 3.23. The van der Waals surface area contributed by atoms with E-state index < -0.39 is 0 Å². The first-order chi connectivity index (χ1) is 8.26. The van der Waals surface area contributed by atoms with Gasteiger partial charge in [0.15, 0.2) is 0 Å². The van der Waals surface area contributed by atoms with Gasteiger partial charge in [-0.05, 0) is 17.2 Å². The Kier molecular flexibility index (Phi) is 4.07. The van der Waals surface area contributed by atoms with Crippen molar-refractivity contribution in [1.82, 2.24) is 4.90 Å². The van der Waals surface area contributed by atoms with Gasteiger partial charge in [-0.3, -0.25) is 4.79 Å². The molecule has 1 amide bonds. The van der Waals surface area contributed by atoms with Crippen molar-refractivity contribution in [3.8, 4) is 0 Å². The van der Waals surface area contributed by atoms with E-state index >= 15 is 0 Å². The number of benzene rings is 1. The van der Waals surface area contributed by atoms with E-state index in [4.69, 9.17) is 0 Å². The lowest BCUT2D eigenvalue weighted by molar-refractivity contribution is -0.130. The van der Waals surface area contributed by atoms with Gasteiger partial charge in [0, 0.05) is 13.0 Å². The summed E-state index contributed by atoms with van der Waals surface area (Å²) < 4.78 is 0. The molecule has 1 unspecified atom stereocenters. The lowest BCUT2D eigenvalue weighted by atomic mass is 10.1. The van der Waals surface area contributed by atoms with Crippen molar-refractivity contribution in [3.63, 3.8) is 0 Å². The highest BCUT2D eigenvalue weighted by Crippen LogP contribution is 2.28. The smallest absolute Gasteiger partial charge is 0.223 e. The summed E-state index contributed by atoms with van der Waals surface area (Å²) in [5, 5.41) is 9.50. The lowest BCUT2D eigenvalue weighted by Gasteiger charge is -2.27. The van der Waals surface area contributed by atoms with Crippen molar-refractivity contribution in [3.05, 3.63) is 35.9 Å². The van der Waals surface area contributed by atoms with Crippen molar-refractivity contribution in [2.75, 3.05) is 18.9 Å². The highest BCUT2D eigenvalue weighted by Gasteiger charge is 2.33. The molecule has 0 saturated carbocycles. The molecular formula is C13H17NO2S. The zero-order valence-corrected chi connectivity index (χ0v) is 10.5. The molecule has 1 fully saturated rings. The van der Waals surface area contributed by atoms with Crippen molar-refractivity contribution in [1.29, 1.82) is 0 Å². The minimum absolute atomic E-state index is 0.0327. The first kappa shape index (κ1) is 12.5. The first-order valence-corrected chi connectivity index (χ1v) is 6.45. The number of likely N-dealkylation sites (tertiary alicyclic amines) is 1. The summed E-state index contributed by atoms with van der Waals surface area (Å²) in [4.78, 5) is 13.7. The second kappa shape index (κ2) is 5.56. The Balaban J connectivity index is 2.17. The van der Waals surface area contributed by atoms with E-state index in [-0.39, 0.29) is 18.6 Å². The molecule has 0 aliphatic carbocycles. The van der Waals surface area contributed by atoms with Gasteiger partial charge in [-0.15, -0.1) is 0 Å². The van der Waals surface area contributed by atoms with Crippen LogP contribution in [0, 0.1) is 5.92 Å². The molecule has 92 valence electrons. The molecule has 1 aliphatic rings. The number of thiol groups is 1. The second-order valence-electron chi connectivity index (χ2n) is 4.41. The SMILES string of the molecule is O=C1CC(CS)CN1[C@@H](CO)c1ccccc1. The van der Waals surface area contributed by atoms with Gasteiger partial charge in [-0.25, -0.2) is 0 Å². The molecule has 1 aliphatic heterocycles. The molecule has 17 heavy (non-hydrogen) atoms. The van der Waals surface area contributed by atoms with Gasteiger partial charge in [-0.2, -0.15) is 12.6 Å². The Morgan fingerprint density at radius 2 is 2.12 bits per heavy atom. The van der Waals surface area contributed by atoms with Crippen LogP contribution in [-0.2, 0) is 4.79 Å². The molecule has 2 atom stereocenters. The number of carbonyl (C=O) groups excluding carboxylic acids is 1. The van der Waals surface area contributed by atoms with Crippen molar-refractivity contribution in [2.24, 2.45) is 5.92 Å².